The maximum absolute atomic E-state index is 12.0. The number of fused-ring (bicyclic) bond motifs is 1. The van der Waals surface area contributed by atoms with E-state index in [4.69, 9.17) is 11.6 Å². The molecule has 2 N–H and O–H groups in total. The predicted octanol–water partition coefficient (Wildman–Crippen LogP) is 2.57. The Kier molecular flexibility index (Phi) is 3.72. The van der Waals surface area contributed by atoms with E-state index >= 15 is 0 Å². The zero-order valence-electron chi connectivity index (χ0n) is 10.7. The highest BCUT2D eigenvalue weighted by molar-refractivity contribution is 7.18. The molecule has 3 aromatic rings. The van der Waals surface area contributed by atoms with Crippen LogP contribution in [0.25, 0.3) is 10.2 Å². The Labute approximate surface area is 128 Å². The highest BCUT2D eigenvalue weighted by Crippen LogP contribution is 2.20. The minimum atomic E-state index is -0.189. The molecular weight excluding hydrogens is 310 g/mol. The summed E-state index contributed by atoms with van der Waals surface area (Å²) < 4.78 is 0. The summed E-state index contributed by atoms with van der Waals surface area (Å²) in [5, 5.41) is 3.93. The lowest BCUT2D eigenvalue weighted by Crippen LogP contribution is -2.22. The van der Waals surface area contributed by atoms with E-state index in [1.54, 1.807) is 30.3 Å². The summed E-state index contributed by atoms with van der Waals surface area (Å²) in [6.07, 6.45) is 1.37. The van der Waals surface area contributed by atoms with Crippen molar-refractivity contribution < 1.29 is 4.79 Å². The summed E-state index contributed by atoms with van der Waals surface area (Å²) in [5.41, 5.74) is 0.364. The third-order valence-electron chi connectivity index (χ3n) is 2.92. The van der Waals surface area contributed by atoms with Crippen LogP contribution in [0.2, 0.25) is 5.02 Å². The van der Waals surface area contributed by atoms with Crippen molar-refractivity contribution in [1.82, 2.24) is 15.3 Å². The Morgan fingerprint density at radius 3 is 2.81 bits per heavy atom. The van der Waals surface area contributed by atoms with E-state index in [1.807, 2.05) is 0 Å². The molecule has 0 atom stereocenters. The van der Waals surface area contributed by atoms with Crippen LogP contribution in [0.5, 0.6) is 0 Å². The van der Waals surface area contributed by atoms with E-state index in [-0.39, 0.29) is 11.5 Å². The lowest BCUT2D eigenvalue weighted by molar-refractivity contribution is 0.0951. The molecule has 2 heterocycles. The van der Waals surface area contributed by atoms with Gasteiger partial charge in [-0.1, -0.05) is 11.6 Å². The normalized spacial score (nSPS) is 10.7. The van der Waals surface area contributed by atoms with Crippen molar-refractivity contribution in [2.24, 2.45) is 0 Å². The van der Waals surface area contributed by atoms with Gasteiger partial charge in [0.25, 0.3) is 11.5 Å². The van der Waals surface area contributed by atoms with Gasteiger partial charge < -0.3 is 10.3 Å². The second-order valence-corrected chi connectivity index (χ2v) is 5.90. The number of carbonyl (C=O) groups is 1. The Morgan fingerprint density at radius 2 is 2.10 bits per heavy atom. The van der Waals surface area contributed by atoms with Crippen molar-refractivity contribution in [2.75, 3.05) is 0 Å². The summed E-state index contributed by atoms with van der Waals surface area (Å²) >= 11 is 7.16. The van der Waals surface area contributed by atoms with Crippen LogP contribution in [0.15, 0.2) is 41.5 Å². The van der Waals surface area contributed by atoms with Crippen LogP contribution in [0.1, 0.15) is 15.2 Å². The number of hydrogen-bond donors (Lipinski definition) is 2. The molecule has 3 rings (SSSR count). The number of benzene rings is 1. The van der Waals surface area contributed by atoms with Gasteiger partial charge >= 0.3 is 0 Å². The van der Waals surface area contributed by atoms with Crippen LogP contribution in [0.4, 0.5) is 0 Å². The number of aromatic nitrogens is 2. The van der Waals surface area contributed by atoms with E-state index < -0.39 is 0 Å². The van der Waals surface area contributed by atoms with Crippen LogP contribution in [0.3, 0.4) is 0 Å². The van der Waals surface area contributed by atoms with Crippen molar-refractivity contribution in [3.8, 4) is 0 Å². The lowest BCUT2D eigenvalue weighted by Gasteiger charge is -2.03. The van der Waals surface area contributed by atoms with Crippen LogP contribution in [-0.4, -0.2) is 15.9 Å². The number of nitrogens with zero attached hydrogens (tertiary/aromatic N) is 1. The van der Waals surface area contributed by atoms with Crippen molar-refractivity contribution in [3.05, 3.63) is 62.5 Å². The molecule has 2 aromatic heterocycles. The van der Waals surface area contributed by atoms with E-state index in [9.17, 15) is 9.59 Å². The van der Waals surface area contributed by atoms with E-state index in [1.165, 1.54) is 17.7 Å². The molecule has 1 amide bonds. The fourth-order valence-corrected chi connectivity index (χ4v) is 2.94. The SMILES string of the molecule is O=C(NCc1cc2c(=O)[nH]cnc2s1)c1ccc(Cl)cc1. The molecule has 0 saturated carbocycles. The largest absolute Gasteiger partial charge is 0.347 e. The minimum absolute atomic E-state index is 0.175. The van der Waals surface area contributed by atoms with Crippen LogP contribution in [-0.2, 0) is 6.54 Å². The van der Waals surface area contributed by atoms with Gasteiger partial charge in [0.05, 0.1) is 18.3 Å². The minimum Gasteiger partial charge on any atom is -0.347 e. The van der Waals surface area contributed by atoms with Crippen LogP contribution >= 0.6 is 22.9 Å². The Morgan fingerprint density at radius 1 is 1.33 bits per heavy atom. The maximum atomic E-state index is 12.0. The summed E-state index contributed by atoms with van der Waals surface area (Å²) in [7, 11) is 0. The van der Waals surface area contributed by atoms with Crippen molar-refractivity contribution in [1.29, 1.82) is 0 Å². The number of H-pyrrole nitrogens is 1. The van der Waals surface area contributed by atoms with Gasteiger partial charge in [-0.2, -0.15) is 0 Å². The number of halogens is 1. The van der Waals surface area contributed by atoms with Crippen LogP contribution in [0, 0.1) is 0 Å². The van der Waals surface area contributed by atoms with Gasteiger partial charge in [0.1, 0.15) is 4.83 Å². The lowest BCUT2D eigenvalue weighted by atomic mass is 10.2. The fourth-order valence-electron chi connectivity index (χ4n) is 1.88. The molecule has 1 aromatic carbocycles. The zero-order valence-corrected chi connectivity index (χ0v) is 12.3. The molecule has 106 valence electrons. The van der Waals surface area contributed by atoms with Gasteiger partial charge in [-0.25, -0.2) is 4.98 Å². The number of thiophene rings is 1. The smallest absolute Gasteiger partial charge is 0.259 e. The number of rotatable bonds is 3. The van der Waals surface area contributed by atoms with Crippen molar-refractivity contribution >= 4 is 39.1 Å². The zero-order chi connectivity index (χ0) is 14.8. The molecule has 21 heavy (non-hydrogen) atoms. The summed E-state index contributed by atoms with van der Waals surface area (Å²) in [6.45, 7) is 0.349. The van der Waals surface area contributed by atoms with Crippen LogP contribution < -0.4 is 10.9 Å². The second-order valence-electron chi connectivity index (χ2n) is 4.35. The highest BCUT2D eigenvalue weighted by Gasteiger charge is 2.09. The Hall–Kier alpha value is -2.18. The fraction of sp³-hybridized carbons (Fsp3) is 0.0714. The number of nitrogens with one attached hydrogen (secondary N) is 2. The van der Waals surface area contributed by atoms with Gasteiger partial charge in [0.2, 0.25) is 0 Å². The molecule has 0 aliphatic rings. The Bertz CT molecular complexity index is 855. The molecule has 0 aliphatic heterocycles. The average Bonchev–Trinajstić information content (AvgIpc) is 2.90. The van der Waals surface area contributed by atoms with Gasteiger partial charge in [-0.15, -0.1) is 11.3 Å². The first-order valence-electron chi connectivity index (χ1n) is 6.13. The Balaban J connectivity index is 1.74. The molecule has 5 nitrogen and oxygen atoms in total. The van der Waals surface area contributed by atoms with E-state index in [0.29, 0.717) is 27.3 Å². The maximum Gasteiger partial charge on any atom is 0.259 e. The summed E-state index contributed by atoms with van der Waals surface area (Å²) in [5.74, 6) is -0.189. The highest BCUT2D eigenvalue weighted by atomic mass is 35.5. The molecule has 0 radical (unpaired) electrons. The molecule has 0 spiro atoms. The molecule has 0 saturated heterocycles. The summed E-state index contributed by atoms with van der Waals surface area (Å²) in [4.78, 5) is 31.7. The summed E-state index contributed by atoms with van der Waals surface area (Å²) in [6, 6.07) is 8.40. The first-order valence-corrected chi connectivity index (χ1v) is 7.33. The van der Waals surface area contributed by atoms with Gasteiger partial charge in [0.15, 0.2) is 0 Å². The quantitative estimate of drug-likeness (QED) is 0.779. The van der Waals surface area contributed by atoms with Gasteiger partial charge in [-0.3, -0.25) is 9.59 Å². The monoisotopic (exact) mass is 319 g/mol. The van der Waals surface area contributed by atoms with E-state index in [0.717, 1.165) is 4.88 Å². The second kappa shape index (κ2) is 5.67. The first kappa shape index (κ1) is 13.8. The topological polar surface area (TPSA) is 74.8 Å². The van der Waals surface area contributed by atoms with Gasteiger partial charge in [-0.05, 0) is 30.3 Å². The average molecular weight is 320 g/mol. The van der Waals surface area contributed by atoms with Crippen molar-refractivity contribution in [2.45, 2.75) is 6.54 Å². The molecule has 0 unspecified atom stereocenters. The predicted molar refractivity (Wildman–Crippen MR) is 82.9 cm³/mol. The van der Waals surface area contributed by atoms with Crippen molar-refractivity contribution in [3.63, 3.8) is 0 Å². The molecule has 0 bridgehead atoms. The third kappa shape index (κ3) is 2.96. The molecular formula is C14H10ClN3O2S. The molecule has 0 fully saturated rings. The number of carbonyl (C=O) groups excluding carboxylic acids is 1. The standard InChI is InChI=1S/C14H10ClN3O2S/c15-9-3-1-8(2-4-9)12(19)16-6-10-5-11-13(20)17-7-18-14(11)21-10/h1-5,7H,6H2,(H,16,19)(H,17,18,20). The first-order chi connectivity index (χ1) is 10.1. The number of hydrogen-bond acceptors (Lipinski definition) is 4. The van der Waals surface area contributed by atoms with E-state index in [2.05, 4.69) is 15.3 Å². The molecule has 0 aliphatic carbocycles. The number of amides is 1. The molecule has 7 heteroatoms. The number of aromatic amines is 1. The van der Waals surface area contributed by atoms with Gasteiger partial charge in [0, 0.05) is 15.5 Å². The third-order valence-corrected chi connectivity index (χ3v) is 4.21.